The molecular formula is C13H19N3O2. The first kappa shape index (κ1) is 12.7. The summed E-state index contributed by atoms with van der Waals surface area (Å²) in [6.45, 7) is 5.21. The Balaban J connectivity index is 2.31. The van der Waals surface area contributed by atoms with Crippen molar-refractivity contribution in [3.8, 4) is 0 Å². The van der Waals surface area contributed by atoms with Crippen LogP contribution in [0.4, 0.5) is 17.1 Å². The lowest BCUT2D eigenvalue weighted by atomic mass is 10.1. The molecule has 18 heavy (non-hydrogen) atoms. The van der Waals surface area contributed by atoms with E-state index in [1.54, 1.807) is 6.07 Å². The average molecular weight is 249 g/mol. The molecule has 0 unspecified atom stereocenters. The van der Waals surface area contributed by atoms with E-state index in [9.17, 15) is 10.1 Å². The lowest BCUT2D eigenvalue weighted by Gasteiger charge is -2.26. The largest absolute Gasteiger partial charge is 0.398 e. The van der Waals surface area contributed by atoms with Crippen LogP contribution in [-0.2, 0) is 0 Å². The maximum Gasteiger partial charge on any atom is 0.273 e. The number of nitrogen functional groups attached to an aromatic ring is 1. The number of nitro groups is 1. The first-order valence-corrected chi connectivity index (χ1v) is 6.29. The highest BCUT2D eigenvalue weighted by Gasteiger charge is 2.30. The number of benzene rings is 1. The molecule has 0 bridgehead atoms. The summed E-state index contributed by atoms with van der Waals surface area (Å²) in [6, 6.07) is 5.38. The zero-order valence-electron chi connectivity index (χ0n) is 10.8. The smallest absolute Gasteiger partial charge is 0.273 e. The van der Waals surface area contributed by atoms with Gasteiger partial charge in [0.05, 0.1) is 4.92 Å². The van der Waals surface area contributed by atoms with Crippen LogP contribution in [0, 0.1) is 16.0 Å². The summed E-state index contributed by atoms with van der Waals surface area (Å²) in [6.07, 6.45) is 2.32. The van der Waals surface area contributed by atoms with Gasteiger partial charge in [-0.15, -0.1) is 0 Å². The van der Waals surface area contributed by atoms with Crippen molar-refractivity contribution in [2.24, 2.45) is 5.92 Å². The molecule has 2 N–H and O–H groups in total. The van der Waals surface area contributed by atoms with Crippen LogP contribution in [0.15, 0.2) is 18.2 Å². The predicted molar refractivity (Wildman–Crippen MR) is 72.7 cm³/mol. The van der Waals surface area contributed by atoms with E-state index in [0.29, 0.717) is 17.6 Å². The third kappa shape index (κ3) is 2.91. The monoisotopic (exact) mass is 249 g/mol. The maximum atomic E-state index is 10.9. The Kier molecular flexibility index (Phi) is 3.41. The maximum absolute atomic E-state index is 10.9. The van der Waals surface area contributed by atoms with Crippen LogP contribution >= 0.6 is 0 Å². The van der Waals surface area contributed by atoms with Crippen LogP contribution in [0.5, 0.6) is 0 Å². The standard InChI is InChI=1S/C13H19N3O2/c1-9(2)8-15(11-3-4-11)12-5-10(14)6-13(7-12)16(17)18/h5-7,9,11H,3-4,8,14H2,1-2H3. The van der Waals surface area contributed by atoms with Gasteiger partial charge in [0.25, 0.3) is 5.69 Å². The molecule has 0 aromatic heterocycles. The fourth-order valence-electron chi connectivity index (χ4n) is 2.13. The van der Waals surface area contributed by atoms with Gasteiger partial charge in [-0.2, -0.15) is 0 Å². The lowest BCUT2D eigenvalue weighted by Crippen LogP contribution is -2.29. The van der Waals surface area contributed by atoms with Crippen LogP contribution in [0.2, 0.25) is 0 Å². The van der Waals surface area contributed by atoms with E-state index in [0.717, 1.165) is 25.1 Å². The molecule has 98 valence electrons. The number of hydrogen-bond acceptors (Lipinski definition) is 4. The minimum atomic E-state index is -0.389. The molecule has 0 aliphatic heterocycles. The molecule has 1 aliphatic rings. The van der Waals surface area contributed by atoms with Gasteiger partial charge in [-0.25, -0.2) is 0 Å². The van der Waals surface area contributed by atoms with Crippen molar-refractivity contribution in [3.63, 3.8) is 0 Å². The number of nitrogens with two attached hydrogens (primary N) is 1. The Labute approximate surface area is 107 Å². The first-order valence-electron chi connectivity index (χ1n) is 6.29. The lowest BCUT2D eigenvalue weighted by molar-refractivity contribution is -0.384. The molecule has 5 heteroatoms. The molecule has 1 fully saturated rings. The van der Waals surface area contributed by atoms with Gasteiger partial charge in [-0.3, -0.25) is 10.1 Å². The average Bonchev–Trinajstić information content (AvgIpc) is 3.08. The molecule has 0 heterocycles. The second-order valence-corrected chi connectivity index (χ2v) is 5.32. The SMILES string of the molecule is CC(C)CN(c1cc(N)cc([N+](=O)[O-])c1)C1CC1. The van der Waals surface area contributed by atoms with Crippen molar-refractivity contribution in [1.82, 2.24) is 0 Å². The highest BCUT2D eigenvalue weighted by molar-refractivity contribution is 5.63. The number of anilines is 2. The fourth-order valence-corrected chi connectivity index (χ4v) is 2.13. The molecule has 0 spiro atoms. The number of non-ortho nitro benzene ring substituents is 1. The zero-order valence-corrected chi connectivity index (χ0v) is 10.8. The van der Waals surface area contributed by atoms with E-state index in [-0.39, 0.29) is 10.6 Å². The van der Waals surface area contributed by atoms with Gasteiger partial charge in [0.1, 0.15) is 0 Å². The second-order valence-electron chi connectivity index (χ2n) is 5.32. The van der Waals surface area contributed by atoms with E-state index in [1.807, 2.05) is 6.07 Å². The van der Waals surface area contributed by atoms with E-state index < -0.39 is 0 Å². The Bertz CT molecular complexity index is 456. The summed E-state index contributed by atoms with van der Waals surface area (Å²) < 4.78 is 0. The van der Waals surface area contributed by atoms with Crippen LogP contribution in [0.1, 0.15) is 26.7 Å². The minimum Gasteiger partial charge on any atom is -0.398 e. The summed E-state index contributed by atoms with van der Waals surface area (Å²) >= 11 is 0. The van der Waals surface area contributed by atoms with Crippen LogP contribution < -0.4 is 10.6 Å². The number of rotatable bonds is 5. The van der Waals surface area contributed by atoms with Gasteiger partial charge in [-0.1, -0.05) is 13.8 Å². The topological polar surface area (TPSA) is 72.4 Å². The molecule has 0 radical (unpaired) electrons. The minimum absolute atomic E-state index is 0.0689. The molecule has 5 nitrogen and oxygen atoms in total. The molecule has 1 aromatic rings. The molecule has 0 amide bonds. The molecule has 1 aliphatic carbocycles. The third-order valence-corrected chi connectivity index (χ3v) is 3.02. The summed E-state index contributed by atoms with van der Waals surface area (Å²) in [5, 5.41) is 10.9. The molecule has 0 atom stereocenters. The molecule has 0 saturated heterocycles. The van der Waals surface area contributed by atoms with Crippen LogP contribution in [0.3, 0.4) is 0 Å². The van der Waals surface area contributed by atoms with Gasteiger partial charge in [0.15, 0.2) is 0 Å². The van der Waals surface area contributed by atoms with Crippen molar-refractivity contribution in [2.75, 3.05) is 17.2 Å². The van der Waals surface area contributed by atoms with Crippen molar-refractivity contribution in [3.05, 3.63) is 28.3 Å². The Morgan fingerprint density at radius 1 is 1.44 bits per heavy atom. The Morgan fingerprint density at radius 3 is 2.61 bits per heavy atom. The summed E-state index contributed by atoms with van der Waals surface area (Å²) in [5.74, 6) is 0.520. The summed E-state index contributed by atoms with van der Waals surface area (Å²) in [4.78, 5) is 12.7. The number of nitro benzene ring substituents is 1. The predicted octanol–water partition coefficient (Wildman–Crippen LogP) is 2.80. The van der Waals surface area contributed by atoms with Gasteiger partial charge in [-0.05, 0) is 24.8 Å². The van der Waals surface area contributed by atoms with E-state index in [2.05, 4.69) is 18.7 Å². The normalized spacial score (nSPS) is 14.8. The van der Waals surface area contributed by atoms with Crippen molar-refractivity contribution >= 4 is 17.1 Å². The van der Waals surface area contributed by atoms with Crippen LogP contribution in [0.25, 0.3) is 0 Å². The Morgan fingerprint density at radius 2 is 2.11 bits per heavy atom. The van der Waals surface area contributed by atoms with E-state index >= 15 is 0 Å². The summed E-state index contributed by atoms with van der Waals surface area (Å²) in [7, 11) is 0. The van der Waals surface area contributed by atoms with Gasteiger partial charge in [0.2, 0.25) is 0 Å². The second kappa shape index (κ2) is 4.84. The third-order valence-electron chi connectivity index (χ3n) is 3.02. The van der Waals surface area contributed by atoms with Crippen LogP contribution in [-0.4, -0.2) is 17.5 Å². The van der Waals surface area contributed by atoms with E-state index in [1.165, 1.54) is 6.07 Å². The highest BCUT2D eigenvalue weighted by atomic mass is 16.6. The number of hydrogen-bond donors (Lipinski definition) is 1. The highest BCUT2D eigenvalue weighted by Crippen LogP contribution is 2.35. The van der Waals surface area contributed by atoms with Gasteiger partial charge in [0, 0.05) is 36.1 Å². The zero-order chi connectivity index (χ0) is 13.3. The van der Waals surface area contributed by atoms with Crippen molar-refractivity contribution in [2.45, 2.75) is 32.7 Å². The number of nitrogens with zero attached hydrogens (tertiary/aromatic N) is 2. The molecule has 1 saturated carbocycles. The molecule has 1 aromatic carbocycles. The van der Waals surface area contributed by atoms with Crippen molar-refractivity contribution in [1.29, 1.82) is 0 Å². The first-order chi connectivity index (χ1) is 8.47. The quantitative estimate of drug-likeness (QED) is 0.494. The Hall–Kier alpha value is -1.78. The van der Waals surface area contributed by atoms with Gasteiger partial charge < -0.3 is 10.6 Å². The summed E-state index contributed by atoms with van der Waals surface area (Å²) in [5.41, 5.74) is 7.15. The van der Waals surface area contributed by atoms with Gasteiger partial charge >= 0.3 is 0 Å². The molecular weight excluding hydrogens is 230 g/mol. The van der Waals surface area contributed by atoms with E-state index in [4.69, 9.17) is 5.73 Å². The molecule has 2 rings (SSSR count). The van der Waals surface area contributed by atoms with Crippen molar-refractivity contribution < 1.29 is 4.92 Å². The fraction of sp³-hybridized carbons (Fsp3) is 0.538.